The Balaban J connectivity index is 1.28. The van der Waals surface area contributed by atoms with Crippen LogP contribution in [0.3, 0.4) is 0 Å². The van der Waals surface area contributed by atoms with Crippen LogP contribution in [0.2, 0.25) is 0 Å². The minimum atomic E-state index is -3.81. The number of nitriles is 1. The van der Waals surface area contributed by atoms with Gasteiger partial charge in [0, 0.05) is 26.2 Å². The van der Waals surface area contributed by atoms with E-state index in [0.29, 0.717) is 19.5 Å². The fourth-order valence-corrected chi connectivity index (χ4v) is 6.74. The molecule has 9 nitrogen and oxygen atoms in total. The number of nitrogens with one attached hydrogen (secondary N) is 1. The van der Waals surface area contributed by atoms with Crippen molar-refractivity contribution in [2.24, 2.45) is 0 Å². The lowest BCUT2D eigenvalue weighted by atomic mass is 9.76. The number of piperazine rings is 1. The summed E-state index contributed by atoms with van der Waals surface area (Å²) in [5.41, 5.74) is 1.05. The van der Waals surface area contributed by atoms with Gasteiger partial charge in [0.1, 0.15) is 11.6 Å². The van der Waals surface area contributed by atoms with Gasteiger partial charge in [0.2, 0.25) is 10.0 Å². The molecule has 5 rings (SSSR count). The fourth-order valence-electron chi connectivity index (χ4n) is 5.17. The van der Waals surface area contributed by atoms with E-state index in [1.165, 1.54) is 21.3 Å². The quantitative estimate of drug-likeness (QED) is 0.667. The van der Waals surface area contributed by atoms with Gasteiger partial charge in [0.15, 0.2) is 0 Å². The minimum Gasteiger partial charge on any atom is -0.319 e. The highest BCUT2D eigenvalue weighted by Crippen LogP contribution is 2.40. The van der Waals surface area contributed by atoms with Crippen LogP contribution in [0.15, 0.2) is 53.4 Å². The van der Waals surface area contributed by atoms with Crippen molar-refractivity contribution in [2.75, 3.05) is 32.8 Å². The van der Waals surface area contributed by atoms with Crippen molar-refractivity contribution in [3.8, 4) is 6.07 Å². The third kappa shape index (κ3) is 3.57. The van der Waals surface area contributed by atoms with Crippen LogP contribution in [0.4, 0.5) is 4.79 Å². The summed E-state index contributed by atoms with van der Waals surface area (Å²) in [4.78, 5) is 29.5. The maximum atomic E-state index is 13.5. The Kier molecular flexibility index (Phi) is 5.64. The summed E-state index contributed by atoms with van der Waals surface area (Å²) >= 11 is 0. The zero-order chi connectivity index (χ0) is 23.9. The Morgan fingerprint density at radius 3 is 2.47 bits per heavy atom. The number of fused-ring (bicyclic) bond motifs is 2. The predicted octanol–water partition coefficient (Wildman–Crippen LogP) is 1.61. The Hall–Kier alpha value is -3.26. The van der Waals surface area contributed by atoms with Gasteiger partial charge in [0.25, 0.3) is 5.91 Å². The molecule has 3 aliphatic rings. The molecule has 2 aliphatic heterocycles. The Morgan fingerprint density at radius 1 is 1.00 bits per heavy atom. The number of hydrogen-bond acceptors (Lipinski definition) is 6. The number of benzene rings is 2. The van der Waals surface area contributed by atoms with E-state index in [1.54, 1.807) is 12.1 Å². The van der Waals surface area contributed by atoms with Crippen LogP contribution in [0, 0.1) is 11.3 Å². The first kappa shape index (κ1) is 22.5. The van der Waals surface area contributed by atoms with E-state index in [9.17, 15) is 23.3 Å². The fraction of sp³-hybridized carbons (Fsp3) is 0.375. The molecule has 2 saturated heterocycles. The lowest BCUT2D eigenvalue weighted by molar-refractivity contribution is -0.133. The second-order valence-corrected chi connectivity index (χ2v) is 10.8. The van der Waals surface area contributed by atoms with Crippen LogP contribution < -0.4 is 5.32 Å². The van der Waals surface area contributed by atoms with Gasteiger partial charge in [-0.1, -0.05) is 36.4 Å². The average molecular weight is 480 g/mol. The molecule has 0 aromatic heterocycles. The van der Waals surface area contributed by atoms with E-state index < -0.39 is 21.6 Å². The number of carbonyl (C=O) groups is 2. The summed E-state index contributed by atoms with van der Waals surface area (Å²) in [6, 6.07) is 15.4. The third-order valence-electron chi connectivity index (χ3n) is 6.95. The molecule has 1 aliphatic carbocycles. The van der Waals surface area contributed by atoms with Gasteiger partial charge in [0.05, 0.1) is 17.1 Å². The van der Waals surface area contributed by atoms with E-state index in [4.69, 9.17) is 0 Å². The summed E-state index contributed by atoms with van der Waals surface area (Å²) < 4.78 is 27.5. The second kappa shape index (κ2) is 8.51. The topological polar surface area (TPSA) is 114 Å². The van der Waals surface area contributed by atoms with Crippen LogP contribution in [0.5, 0.6) is 0 Å². The number of imide groups is 1. The molecule has 10 heteroatoms. The zero-order valence-electron chi connectivity index (χ0n) is 18.6. The van der Waals surface area contributed by atoms with Crippen molar-refractivity contribution < 1.29 is 18.0 Å². The van der Waals surface area contributed by atoms with Gasteiger partial charge in [-0.05, 0) is 42.5 Å². The maximum Gasteiger partial charge on any atom is 0.326 e. The standard InChI is InChI=1S/C24H25N5O4S/c25-16-19-7-2-4-10-21(19)34(32,33)28-14-12-27(13-15-28)17-29-22(30)24(26-23(29)31)11-5-8-18-6-1-3-9-20(18)24/h1-4,6-7,9-10H,5,8,11-15,17H2,(H,26,31)/t24-/m1/s1. The Labute approximate surface area is 198 Å². The third-order valence-corrected chi connectivity index (χ3v) is 8.91. The Bertz CT molecular complexity index is 1300. The zero-order valence-corrected chi connectivity index (χ0v) is 19.4. The van der Waals surface area contributed by atoms with E-state index in [2.05, 4.69) is 5.32 Å². The smallest absolute Gasteiger partial charge is 0.319 e. The minimum absolute atomic E-state index is 0.00189. The van der Waals surface area contributed by atoms with Crippen molar-refractivity contribution in [1.29, 1.82) is 5.26 Å². The molecule has 0 unspecified atom stereocenters. The maximum absolute atomic E-state index is 13.5. The number of nitrogens with zero attached hydrogens (tertiary/aromatic N) is 4. The largest absolute Gasteiger partial charge is 0.326 e. The van der Waals surface area contributed by atoms with Gasteiger partial charge < -0.3 is 5.32 Å². The van der Waals surface area contributed by atoms with Crippen molar-refractivity contribution in [1.82, 2.24) is 19.4 Å². The first-order chi connectivity index (χ1) is 16.4. The van der Waals surface area contributed by atoms with E-state index >= 15 is 0 Å². The number of hydrogen-bond donors (Lipinski definition) is 1. The highest BCUT2D eigenvalue weighted by Gasteiger charge is 2.54. The summed E-state index contributed by atoms with van der Waals surface area (Å²) in [6.07, 6.45) is 2.26. The monoisotopic (exact) mass is 479 g/mol. The number of rotatable bonds is 4. The summed E-state index contributed by atoms with van der Waals surface area (Å²) in [7, 11) is -3.81. The number of carbonyl (C=O) groups excluding carboxylic acids is 2. The Morgan fingerprint density at radius 2 is 1.71 bits per heavy atom. The first-order valence-corrected chi connectivity index (χ1v) is 12.7. The molecule has 2 fully saturated rings. The molecular formula is C24H25N5O4S. The van der Waals surface area contributed by atoms with Crippen LogP contribution in [-0.4, -0.2) is 67.3 Å². The van der Waals surface area contributed by atoms with Crippen LogP contribution in [0.1, 0.15) is 29.5 Å². The normalized spacial score (nSPS) is 23.6. The highest BCUT2D eigenvalue weighted by molar-refractivity contribution is 7.89. The molecule has 2 aromatic carbocycles. The predicted molar refractivity (Wildman–Crippen MR) is 123 cm³/mol. The van der Waals surface area contributed by atoms with Gasteiger partial charge in [-0.2, -0.15) is 9.57 Å². The van der Waals surface area contributed by atoms with Crippen LogP contribution in [0.25, 0.3) is 0 Å². The molecule has 1 atom stereocenters. The van der Waals surface area contributed by atoms with Crippen molar-refractivity contribution >= 4 is 22.0 Å². The molecule has 1 spiro atoms. The first-order valence-electron chi connectivity index (χ1n) is 11.3. The molecule has 2 heterocycles. The molecule has 34 heavy (non-hydrogen) atoms. The molecular weight excluding hydrogens is 454 g/mol. The van der Waals surface area contributed by atoms with E-state index in [0.717, 1.165) is 24.0 Å². The molecule has 0 saturated carbocycles. The summed E-state index contributed by atoms with van der Waals surface area (Å²) in [5, 5.41) is 12.2. The summed E-state index contributed by atoms with van der Waals surface area (Å²) in [6.45, 7) is 1.26. The van der Waals surface area contributed by atoms with Gasteiger partial charge in [-0.25, -0.2) is 18.1 Å². The molecule has 3 amide bonds. The van der Waals surface area contributed by atoms with Gasteiger partial charge in [-0.15, -0.1) is 0 Å². The number of amides is 3. The van der Waals surface area contributed by atoms with Crippen molar-refractivity contribution in [3.63, 3.8) is 0 Å². The van der Waals surface area contributed by atoms with Crippen molar-refractivity contribution in [2.45, 2.75) is 29.7 Å². The van der Waals surface area contributed by atoms with Crippen LogP contribution in [-0.2, 0) is 26.8 Å². The SMILES string of the molecule is N#Cc1ccccc1S(=O)(=O)N1CCN(CN2C(=O)N[C@@]3(CCCc4ccccc43)C2=O)CC1. The van der Waals surface area contributed by atoms with Crippen molar-refractivity contribution in [3.05, 3.63) is 65.2 Å². The molecule has 176 valence electrons. The second-order valence-electron chi connectivity index (χ2n) is 8.85. The van der Waals surface area contributed by atoms with Gasteiger partial charge >= 0.3 is 6.03 Å². The van der Waals surface area contributed by atoms with Gasteiger partial charge in [-0.3, -0.25) is 9.69 Å². The van der Waals surface area contributed by atoms with Crippen LogP contribution >= 0.6 is 0 Å². The molecule has 1 N–H and O–H groups in total. The van der Waals surface area contributed by atoms with E-state index in [-0.39, 0.29) is 36.1 Å². The molecule has 2 aromatic rings. The highest BCUT2D eigenvalue weighted by atomic mass is 32.2. The lowest BCUT2D eigenvalue weighted by Crippen LogP contribution is -2.53. The molecule has 0 radical (unpaired) electrons. The summed E-state index contributed by atoms with van der Waals surface area (Å²) in [5.74, 6) is -0.248. The number of sulfonamides is 1. The number of urea groups is 1. The van der Waals surface area contributed by atoms with E-state index in [1.807, 2.05) is 35.2 Å². The lowest BCUT2D eigenvalue weighted by Gasteiger charge is -2.36. The average Bonchev–Trinajstić information content (AvgIpc) is 3.09. The number of aryl methyl sites for hydroxylation is 1. The molecule has 0 bridgehead atoms.